The van der Waals surface area contributed by atoms with E-state index < -0.39 is 11.7 Å². The topological polar surface area (TPSA) is 50.7 Å². The summed E-state index contributed by atoms with van der Waals surface area (Å²) in [6.45, 7) is -0.321. The van der Waals surface area contributed by atoms with E-state index in [-0.39, 0.29) is 27.4 Å². The third-order valence-electron chi connectivity index (χ3n) is 2.59. The predicted molar refractivity (Wildman–Crippen MR) is 89.1 cm³/mol. The number of halogens is 4. The lowest BCUT2D eigenvalue weighted by atomic mass is 10.2. The van der Waals surface area contributed by atoms with Crippen LogP contribution in [0.5, 0.6) is 5.75 Å². The molecule has 4 nitrogen and oxygen atoms in total. The predicted octanol–water partition coefficient (Wildman–Crippen LogP) is 4.32. The SMILES string of the molecule is O=C(COc1cc(Cl)c(Cl)cc1Cl)N/N=C/c1cccc(F)c1. The number of benzene rings is 2. The van der Waals surface area contributed by atoms with Gasteiger partial charge >= 0.3 is 0 Å². The van der Waals surface area contributed by atoms with Gasteiger partial charge in [-0.3, -0.25) is 4.79 Å². The minimum absolute atomic E-state index is 0.227. The van der Waals surface area contributed by atoms with Gasteiger partial charge in [-0.2, -0.15) is 5.10 Å². The van der Waals surface area contributed by atoms with Gasteiger partial charge in [-0.25, -0.2) is 9.82 Å². The molecular weight excluding hydrogens is 366 g/mol. The molecule has 0 saturated carbocycles. The number of carbonyl (C=O) groups excluding carboxylic acids is 1. The van der Waals surface area contributed by atoms with Crippen LogP contribution in [0.2, 0.25) is 15.1 Å². The second-order valence-corrected chi connectivity index (χ2v) is 5.56. The van der Waals surface area contributed by atoms with Crippen molar-refractivity contribution in [3.8, 4) is 5.75 Å². The molecule has 0 spiro atoms. The van der Waals surface area contributed by atoms with Gasteiger partial charge in [0.05, 0.1) is 21.3 Å². The summed E-state index contributed by atoms with van der Waals surface area (Å²) < 4.78 is 18.2. The first kappa shape index (κ1) is 17.5. The molecule has 0 unspecified atom stereocenters. The second-order valence-electron chi connectivity index (χ2n) is 4.33. The van der Waals surface area contributed by atoms with Gasteiger partial charge in [-0.1, -0.05) is 46.9 Å². The molecule has 8 heteroatoms. The molecule has 1 amide bonds. The van der Waals surface area contributed by atoms with Gasteiger partial charge in [0.2, 0.25) is 0 Å². The van der Waals surface area contributed by atoms with E-state index >= 15 is 0 Å². The molecule has 0 fully saturated rings. The van der Waals surface area contributed by atoms with Gasteiger partial charge in [-0.15, -0.1) is 0 Å². The molecule has 2 aromatic rings. The Morgan fingerprint density at radius 1 is 1.17 bits per heavy atom. The highest BCUT2D eigenvalue weighted by Gasteiger charge is 2.09. The van der Waals surface area contributed by atoms with Crippen molar-refractivity contribution in [2.24, 2.45) is 5.10 Å². The number of hydrazone groups is 1. The highest BCUT2D eigenvalue weighted by Crippen LogP contribution is 2.33. The quantitative estimate of drug-likeness (QED) is 0.481. The van der Waals surface area contributed by atoms with Gasteiger partial charge in [0.15, 0.2) is 6.61 Å². The Kier molecular flexibility index (Phi) is 6.21. The van der Waals surface area contributed by atoms with Crippen molar-refractivity contribution in [3.63, 3.8) is 0 Å². The average molecular weight is 376 g/mol. The summed E-state index contributed by atoms with van der Waals surface area (Å²) >= 11 is 17.5. The first-order valence-electron chi connectivity index (χ1n) is 6.30. The summed E-state index contributed by atoms with van der Waals surface area (Å²) in [4.78, 5) is 11.6. The van der Waals surface area contributed by atoms with Crippen LogP contribution in [0, 0.1) is 5.82 Å². The van der Waals surface area contributed by atoms with E-state index in [2.05, 4.69) is 10.5 Å². The van der Waals surface area contributed by atoms with Crippen LogP contribution in [-0.2, 0) is 4.79 Å². The summed E-state index contributed by atoms with van der Waals surface area (Å²) in [5.41, 5.74) is 2.76. The van der Waals surface area contributed by atoms with E-state index in [4.69, 9.17) is 39.5 Å². The maximum absolute atomic E-state index is 13.0. The molecule has 1 N–H and O–H groups in total. The number of nitrogens with zero attached hydrogens (tertiary/aromatic N) is 1. The Bertz CT molecular complexity index is 753. The Morgan fingerprint density at radius 3 is 2.65 bits per heavy atom. The van der Waals surface area contributed by atoms with Crippen LogP contribution in [0.1, 0.15) is 5.56 Å². The maximum atomic E-state index is 13.0. The molecule has 0 radical (unpaired) electrons. The number of amides is 1. The zero-order valence-corrected chi connectivity index (χ0v) is 13.8. The molecule has 0 aromatic heterocycles. The summed E-state index contributed by atoms with van der Waals surface area (Å²) in [7, 11) is 0. The van der Waals surface area contributed by atoms with E-state index in [1.807, 2.05) is 0 Å². The summed E-state index contributed by atoms with van der Waals surface area (Å²) in [6.07, 6.45) is 1.31. The average Bonchev–Trinajstić information content (AvgIpc) is 2.50. The zero-order valence-electron chi connectivity index (χ0n) is 11.5. The third kappa shape index (κ3) is 5.39. The molecule has 0 heterocycles. The lowest BCUT2D eigenvalue weighted by molar-refractivity contribution is -0.123. The van der Waals surface area contributed by atoms with Crippen LogP contribution in [-0.4, -0.2) is 18.7 Å². The molecule has 0 bridgehead atoms. The van der Waals surface area contributed by atoms with Crippen LogP contribution >= 0.6 is 34.8 Å². The monoisotopic (exact) mass is 374 g/mol. The highest BCUT2D eigenvalue weighted by molar-refractivity contribution is 6.43. The first-order chi connectivity index (χ1) is 11.0. The largest absolute Gasteiger partial charge is 0.482 e. The van der Waals surface area contributed by atoms with E-state index in [0.717, 1.165) is 0 Å². The lowest BCUT2D eigenvalue weighted by Gasteiger charge is -2.08. The minimum atomic E-state index is -0.514. The smallest absolute Gasteiger partial charge is 0.277 e. The molecule has 0 atom stereocenters. The molecule has 120 valence electrons. The van der Waals surface area contributed by atoms with Gasteiger partial charge in [0.25, 0.3) is 5.91 Å². The third-order valence-corrected chi connectivity index (χ3v) is 3.60. The van der Waals surface area contributed by atoms with Crippen molar-refractivity contribution in [2.75, 3.05) is 6.61 Å². The van der Waals surface area contributed by atoms with Crippen LogP contribution in [0.25, 0.3) is 0 Å². The fourth-order valence-corrected chi connectivity index (χ4v) is 2.15. The zero-order chi connectivity index (χ0) is 16.8. The van der Waals surface area contributed by atoms with Crippen molar-refractivity contribution in [3.05, 3.63) is 62.8 Å². The fraction of sp³-hybridized carbons (Fsp3) is 0.0667. The molecule has 0 saturated heterocycles. The molecule has 0 aliphatic heterocycles. The molecule has 2 aromatic carbocycles. The normalized spacial score (nSPS) is 10.8. The van der Waals surface area contributed by atoms with E-state index in [1.165, 1.54) is 36.5 Å². The number of ether oxygens (including phenoxy) is 1. The number of carbonyl (C=O) groups is 1. The molecule has 0 aliphatic rings. The Labute approximate surface area is 146 Å². The van der Waals surface area contributed by atoms with Gasteiger partial charge in [-0.05, 0) is 23.8 Å². The second kappa shape index (κ2) is 8.15. The van der Waals surface area contributed by atoms with Crippen LogP contribution in [0.15, 0.2) is 41.5 Å². The number of hydrogen-bond acceptors (Lipinski definition) is 3. The van der Waals surface area contributed by atoms with Crippen LogP contribution in [0.3, 0.4) is 0 Å². The highest BCUT2D eigenvalue weighted by atomic mass is 35.5. The van der Waals surface area contributed by atoms with Crippen molar-refractivity contribution < 1.29 is 13.9 Å². The summed E-state index contributed by atoms with van der Waals surface area (Å²) in [5.74, 6) is -0.678. The number of rotatable bonds is 5. The maximum Gasteiger partial charge on any atom is 0.277 e. The van der Waals surface area contributed by atoms with E-state index in [0.29, 0.717) is 5.56 Å². The fourth-order valence-electron chi connectivity index (χ4n) is 1.56. The molecular formula is C15H10Cl3FN2O2. The summed E-state index contributed by atoms with van der Waals surface area (Å²) in [5, 5.41) is 4.47. The van der Waals surface area contributed by atoms with Crippen LogP contribution < -0.4 is 10.2 Å². The van der Waals surface area contributed by atoms with Crippen molar-refractivity contribution in [1.29, 1.82) is 0 Å². The molecule has 0 aliphatic carbocycles. The Hall–Kier alpha value is -1.82. The number of nitrogens with one attached hydrogen (secondary N) is 1. The van der Waals surface area contributed by atoms with Crippen molar-refractivity contribution in [1.82, 2.24) is 5.43 Å². The van der Waals surface area contributed by atoms with Crippen molar-refractivity contribution >= 4 is 46.9 Å². The molecule has 2 rings (SSSR count). The molecule has 23 heavy (non-hydrogen) atoms. The summed E-state index contributed by atoms with van der Waals surface area (Å²) in [6, 6.07) is 8.60. The van der Waals surface area contributed by atoms with E-state index in [1.54, 1.807) is 6.07 Å². The van der Waals surface area contributed by atoms with E-state index in [9.17, 15) is 9.18 Å². The van der Waals surface area contributed by atoms with Crippen LogP contribution in [0.4, 0.5) is 4.39 Å². The number of hydrogen-bond donors (Lipinski definition) is 1. The van der Waals surface area contributed by atoms with Crippen molar-refractivity contribution in [2.45, 2.75) is 0 Å². The first-order valence-corrected chi connectivity index (χ1v) is 7.44. The minimum Gasteiger partial charge on any atom is -0.482 e. The standard InChI is InChI=1S/C15H10Cl3FN2O2/c16-11-5-13(18)14(6-12(11)17)23-8-15(22)21-20-7-9-2-1-3-10(19)4-9/h1-7H,8H2,(H,21,22)/b20-7+. The Balaban J connectivity index is 1.87. The van der Waals surface area contributed by atoms with Gasteiger partial charge in [0.1, 0.15) is 11.6 Å². The Morgan fingerprint density at radius 2 is 1.91 bits per heavy atom. The van der Waals surface area contributed by atoms with Gasteiger partial charge in [0, 0.05) is 6.07 Å². The van der Waals surface area contributed by atoms with Gasteiger partial charge < -0.3 is 4.74 Å². The lowest BCUT2D eigenvalue weighted by Crippen LogP contribution is -2.24.